The van der Waals surface area contributed by atoms with Gasteiger partial charge in [-0.3, -0.25) is 9.52 Å². The third-order valence-electron chi connectivity index (χ3n) is 3.38. The third-order valence-corrected chi connectivity index (χ3v) is 4.67. The normalized spacial score (nSPS) is 11.1. The molecular weight excluding hydrogens is 331 g/mol. The SMILES string of the molecule is Cc1cccc(C(=O)NCCS(=O)(=O)Nc2ccc(C)c(F)c2)c1. The number of amides is 1. The van der Waals surface area contributed by atoms with E-state index in [-0.39, 0.29) is 23.9 Å². The summed E-state index contributed by atoms with van der Waals surface area (Å²) < 4.78 is 39.7. The third kappa shape index (κ3) is 5.06. The van der Waals surface area contributed by atoms with E-state index in [1.165, 1.54) is 12.1 Å². The molecule has 0 atom stereocenters. The molecule has 24 heavy (non-hydrogen) atoms. The number of halogens is 1. The molecule has 0 unspecified atom stereocenters. The second-order valence-electron chi connectivity index (χ2n) is 5.51. The van der Waals surface area contributed by atoms with Crippen molar-refractivity contribution in [3.63, 3.8) is 0 Å². The first-order valence-corrected chi connectivity index (χ1v) is 9.03. The van der Waals surface area contributed by atoms with Gasteiger partial charge < -0.3 is 5.32 Å². The van der Waals surface area contributed by atoms with Crippen molar-refractivity contribution in [1.29, 1.82) is 0 Å². The number of carbonyl (C=O) groups excluding carboxylic acids is 1. The Balaban J connectivity index is 1.90. The Bertz CT molecular complexity index is 851. The van der Waals surface area contributed by atoms with Gasteiger partial charge in [-0.1, -0.05) is 23.8 Å². The van der Waals surface area contributed by atoms with Crippen molar-refractivity contribution in [2.24, 2.45) is 0 Å². The van der Waals surface area contributed by atoms with Crippen LogP contribution >= 0.6 is 0 Å². The summed E-state index contributed by atoms with van der Waals surface area (Å²) in [4.78, 5) is 11.9. The van der Waals surface area contributed by atoms with E-state index in [1.54, 1.807) is 25.1 Å². The van der Waals surface area contributed by atoms with Crippen LogP contribution in [0.5, 0.6) is 0 Å². The van der Waals surface area contributed by atoms with Crippen LogP contribution in [0.25, 0.3) is 0 Å². The summed E-state index contributed by atoms with van der Waals surface area (Å²) in [5.41, 5.74) is 2.01. The number of anilines is 1. The lowest BCUT2D eigenvalue weighted by Gasteiger charge is -2.10. The zero-order chi connectivity index (χ0) is 17.7. The fourth-order valence-electron chi connectivity index (χ4n) is 2.07. The molecule has 0 saturated carbocycles. The van der Waals surface area contributed by atoms with Gasteiger partial charge in [0.1, 0.15) is 5.82 Å². The second-order valence-corrected chi connectivity index (χ2v) is 7.35. The van der Waals surface area contributed by atoms with Crippen molar-refractivity contribution in [2.45, 2.75) is 13.8 Å². The van der Waals surface area contributed by atoms with Gasteiger partial charge in [0.15, 0.2) is 0 Å². The summed E-state index contributed by atoms with van der Waals surface area (Å²) in [6.45, 7) is 3.41. The molecule has 0 aliphatic rings. The molecule has 1 amide bonds. The molecule has 0 radical (unpaired) electrons. The number of hydrogen-bond acceptors (Lipinski definition) is 3. The monoisotopic (exact) mass is 350 g/mol. The van der Waals surface area contributed by atoms with Gasteiger partial charge in [-0.05, 0) is 43.7 Å². The number of aryl methyl sites for hydroxylation is 2. The summed E-state index contributed by atoms with van der Waals surface area (Å²) in [5, 5.41) is 2.56. The van der Waals surface area contributed by atoms with Gasteiger partial charge in [-0.25, -0.2) is 12.8 Å². The number of sulfonamides is 1. The number of nitrogens with one attached hydrogen (secondary N) is 2. The van der Waals surface area contributed by atoms with Crippen molar-refractivity contribution in [3.05, 3.63) is 65.0 Å². The molecule has 7 heteroatoms. The van der Waals surface area contributed by atoms with Crippen molar-refractivity contribution in [3.8, 4) is 0 Å². The summed E-state index contributed by atoms with van der Waals surface area (Å²) in [5.74, 6) is -1.13. The molecule has 2 N–H and O–H groups in total. The molecule has 2 aromatic carbocycles. The molecule has 5 nitrogen and oxygen atoms in total. The van der Waals surface area contributed by atoms with Crippen LogP contribution < -0.4 is 10.0 Å². The fourth-order valence-corrected chi connectivity index (χ4v) is 3.03. The van der Waals surface area contributed by atoms with E-state index in [2.05, 4.69) is 10.0 Å². The van der Waals surface area contributed by atoms with Gasteiger partial charge in [-0.2, -0.15) is 0 Å². The predicted octanol–water partition coefficient (Wildman–Crippen LogP) is 2.61. The highest BCUT2D eigenvalue weighted by Crippen LogP contribution is 2.14. The van der Waals surface area contributed by atoms with Gasteiger partial charge in [-0.15, -0.1) is 0 Å². The molecule has 0 aromatic heterocycles. The molecule has 0 fully saturated rings. The van der Waals surface area contributed by atoms with E-state index >= 15 is 0 Å². The summed E-state index contributed by atoms with van der Waals surface area (Å²) in [7, 11) is -3.68. The standard InChI is InChI=1S/C17H19FN2O3S/c1-12-4-3-5-14(10-12)17(21)19-8-9-24(22,23)20-15-7-6-13(2)16(18)11-15/h3-7,10-11,20H,8-9H2,1-2H3,(H,19,21). The van der Waals surface area contributed by atoms with E-state index in [0.29, 0.717) is 11.1 Å². The Hall–Kier alpha value is -2.41. The smallest absolute Gasteiger partial charge is 0.251 e. The first-order valence-electron chi connectivity index (χ1n) is 7.38. The lowest BCUT2D eigenvalue weighted by molar-refractivity contribution is 0.0956. The molecule has 0 saturated heterocycles. The quantitative estimate of drug-likeness (QED) is 0.841. The highest BCUT2D eigenvalue weighted by Gasteiger charge is 2.13. The van der Waals surface area contributed by atoms with Crippen LogP contribution in [0.1, 0.15) is 21.5 Å². The second kappa shape index (κ2) is 7.44. The Morgan fingerprint density at radius 2 is 1.88 bits per heavy atom. The van der Waals surface area contributed by atoms with Gasteiger partial charge in [0.25, 0.3) is 5.91 Å². The van der Waals surface area contributed by atoms with E-state index in [4.69, 9.17) is 0 Å². The van der Waals surface area contributed by atoms with E-state index in [9.17, 15) is 17.6 Å². The van der Waals surface area contributed by atoms with Crippen molar-refractivity contribution in [2.75, 3.05) is 17.0 Å². The Morgan fingerprint density at radius 1 is 1.12 bits per heavy atom. The summed E-state index contributed by atoms with van der Waals surface area (Å²) in [6, 6.07) is 11.1. The van der Waals surface area contributed by atoms with Crippen LogP contribution in [0.3, 0.4) is 0 Å². The zero-order valence-electron chi connectivity index (χ0n) is 13.5. The average molecular weight is 350 g/mol. The number of rotatable bonds is 6. The van der Waals surface area contributed by atoms with Crippen molar-refractivity contribution < 1.29 is 17.6 Å². The number of carbonyl (C=O) groups is 1. The first-order chi connectivity index (χ1) is 11.3. The van der Waals surface area contributed by atoms with Crippen LogP contribution in [0.4, 0.5) is 10.1 Å². The summed E-state index contributed by atoms with van der Waals surface area (Å²) >= 11 is 0. The molecular formula is C17H19FN2O3S. The maximum absolute atomic E-state index is 13.4. The predicted molar refractivity (Wildman–Crippen MR) is 92.1 cm³/mol. The zero-order valence-corrected chi connectivity index (χ0v) is 14.3. The van der Waals surface area contributed by atoms with Crippen LogP contribution in [0, 0.1) is 19.7 Å². The van der Waals surface area contributed by atoms with Crippen LogP contribution in [0.15, 0.2) is 42.5 Å². The maximum atomic E-state index is 13.4. The Kier molecular flexibility index (Phi) is 5.56. The number of hydrogen-bond donors (Lipinski definition) is 2. The Morgan fingerprint density at radius 3 is 2.54 bits per heavy atom. The molecule has 0 aliphatic heterocycles. The minimum absolute atomic E-state index is 0.0452. The first kappa shape index (κ1) is 17.9. The summed E-state index contributed by atoms with van der Waals surface area (Å²) in [6.07, 6.45) is 0. The molecule has 0 aliphatic carbocycles. The van der Waals surface area contributed by atoms with E-state index in [1.807, 2.05) is 13.0 Å². The van der Waals surface area contributed by atoms with Crippen LogP contribution in [-0.4, -0.2) is 26.6 Å². The van der Waals surface area contributed by atoms with Crippen LogP contribution in [0.2, 0.25) is 0 Å². The minimum atomic E-state index is -3.68. The van der Waals surface area contributed by atoms with E-state index < -0.39 is 15.8 Å². The molecule has 0 heterocycles. The van der Waals surface area contributed by atoms with Gasteiger partial charge in [0, 0.05) is 12.1 Å². The van der Waals surface area contributed by atoms with E-state index in [0.717, 1.165) is 11.6 Å². The molecule has 128 valence electrons. The Labute approximate surface area is 141 Å². The lowest BCUT2D eigenvalue weighted by atomic mass is 10.1. The minimum Gasteiger partial charge on any atom is -0.351 e. The average Bonchev–Trinajstić information content (AvgIpc) is 2.50. The molecule has 2 aromatic rings. The molecule has 0 spiro atoms. The highest BCUT2D eigenvalue weighted by atomic mass is 32.2. The highest BCUT2D eigenvalue weighted by molar-refractivity contribution is 7.92. The lowest BCUT2D eigenvalue weighted by Crippen LogP contribution is -2.31. The maximum Gasteiger partial charge on any atom is 0.251 e. The number of benzene rings is 2. The van der Waals surface area contributed by atoms with Crippen molar-refractivity contribution >= 4 is 21.6 Å². The van der Waals surface area contributed by atoms with Crippen LogP contribution in [-0.2, 0) is 10.0 Å². The molecule has 2 rings (SSSR count). The van der Waals surface area contributed by atoms with Gasteiger partial charge in [0.2, 0.25) is 10.0 Å². The van der Waals surface area contributed by atoms with Gasteiger partial charge >= 0.3 is 0 Å². The van der Waals surface area contributed by atoms with Crippen molar-refractivity contribution in [1.82, 2.24) is 5.32 Å². The van der Waals surface area contributed by atoms with Gasteiger partial charge in [0.05, 0.1) is 11.4 Å². The fraction of sp³-hybridized carbons (Fsp3) is 0.235. The topological polar surface area (TPSA) is 75.3 Å². The largest absolute Gasteiger partial charge is 0.351 e. The molecule has 0 bridgehead atoms.